The number of anilines is 1. The van der Waals surface area contributed by atoms with Crippen LogP contribution < -0.4 is 10.1 Å². The highest BCUT2D eigenvalue weighted by Gasteiger charge is 2.20. The molecule has 0 fully saturated rings. The topological polar surface area (TPSA) is 119 Å². The molecule has 30 heavy (non-hydrogen) atoms. The summed E-state index contributed by atoms with van der Waals surface area (Å²) >= 11 is 0. The summed E-state index contributed by atoms with van der Waals surface area (Å²) in [5.74, 6) is 0.373. The zero-order valence-corrected chi connectivity index (χ0v) is 15.9. The molecule has 1 atom stereocenters. The Morgan fingerprint density at radius 1 is 0.967 bits per heavy atom. The third-order valence-electron chi connectivity index (χ3n) is 4.19. The lowest BCUT2D eigenvalue weighted by Gasteiger charge is -2.13. The van der Waals surface area contributed by atoms with Crippen LogP contribution in [0.1, 0.15) is 17.3 Å². The summed E-state index contributed by atoms with van der Waals surface area (Å²) in [6, 6.07) is 15.8. The van der Waals surface area contributed by atoms with E-state index in [4.69, 9.17) is 9.47 Å². The van der Waals surface area contributed by atoms with Gasteiger partial charge in [0, 0.05) is 0 Å². The van der Waals surface area contributed by atoms with Gasteiger partial charge in [0.25, 0.3) is 5.91 Å². The second-order valence-corrected chi connectivity index (χ2v) is 6.30. The summed E-state index contributed by atoms with van der Waals surface area (Å²) in [6.45, 7) is 1.48. The zero-order chi connectivity index (χ0) is 20.9. The first-order valence-corrected chi connectivity index (χ1v) is 9.09. The molecule has 150 valence electrons. The van der Waals surface area contributed by atoms with Crippen molar-refractivity contribution < 1.29 is 19.1 Å². The van der Waals surface area contributed by atoms with Gasteiger partial charge in [-0.1, -0.05) is 18.2 Å². The number of nitrogens with zero attached hydrogens (tertiary/aromatic N) is 3. The van der Waals surface area contributed by atoms with Crippen molar-refractivity contribution in [3.05, 3.63) is 72.8 Å². The van der Waals surface area contributed by atoms with Gasteiger partial charge in [-0.15, -0.1) is 0 Å². The van der Waals surface area contributed by atoms with Crippen LogP contribution in [0.3, 0.4) is 0 Å². The maximum absolute atomic E-state index is 12.4. The number of aromatic amines is 1. The highest BCUT2D eigenvalue weighted by Crippen LogP contribution is 2.21. The SMILES string of the molecule is CC(OC(=O)c1ccc(Oc2ccccc2)cc1)C(=O)Nc1ncnc2nc[nH]c12. The molecule has 2 heterocycles. The van der Waals surface area contributed by atoms with E-state index in [0.29, 0.717) is 28.2 Å². The number of hydrogen-bond acceptors (Lipinski definition) is 7. The lowest BCUT2D eigenvalue weighted by Crippen LogP contribution is -2.30. The molecular formula is C21H17N5O4. The Labute approximate surface area is 171 Å². The second-order valence-electron chi connectivity index (χ2n) is 6.30. The average molecular weight is 403 g/mol. The Balaban J connectivity index is 1.37. The Morgan fingerprint density at radius 2 is 1.70 bits per heavy atom. The van der Waals surface area contributed by atoms with Crippen LogP contribution in [0.25, 0.3) is 11.2 Å². The molecule has 1 unspecified atom stereocenters. The molecule has 2 aromatic carbocycles. The number of hydrogen-bond donors (Lipinski definition) is 2. The fraction of sp³-hybridized carbons (Fsp3) is 0.0952. The smallest absolute Gasteiger partial charge is 0.338 e. The lowest BCUT2D eigenvalue weighted by molar-refractivity contribution is -0.123. The van der Waals surface area contributed by atoms with Crippen molar-refractivity contribution in [3.8, 4) is 11.5 Å². The van der Waals surface area contributed by atoms with Crippen molar-refractivity contribution in [3.63, 3.8) is 0 Å². The van der Waals surface area contributed by atoms with E-state index in [9.17, 15) is 9.59 Å². The molecule has 1 amide bonds. The summed E-state index contributed by atoms with van der Waals surface area (Å²) in [5.41, 5.74) is 1.20. The molecule has 0 aliphatic heterocycles. The summed E-state index contributed by atoms with van der Waals surface area (Å²) in [5, 5.41) is 2.61. The van der Waals surface area contributed by atoms with Crippen molar-refractivity contribution in [2.75, 3.05) is 5.32 Å². The van der Waals surface area contributed by atoms with Gasteiger partial charge in [-0.3, -0.25) is 4.79 Å². The monoisotopic (exact) mass is 403 g/mol. The highest BCUT2D eigenvalue weighted by atomic mass is 16.5. The van der Waals surface area contributed by atoms with Crippen molar-refractivity contribution in [1.82, 2.24) is 19.9 Å². The predicted molar refractivity (Wildman–Crippen MR) is 108 cm³/mol. The first-order valence-electron chi connectivity index (χ1n) is 9.09. The van der Waals surface area contributed by atoms with Gasteiger partial charge in [-0.2, -0.15) is 0 Å². The largest absolute Gasteiger partial charge is 0.457 e. The summed E-state index contributed by atoms with van der Waals surface area (Å²) in [7, 11) is 0. The fourth-order valence-corrected chi connectivity index (χ4v) is 2.64. The Hall–Kier alpha value is -4.27. The molecule has 9 heteroatoms. The van der Waals surface area contributed by atoms with Crippen LogP contribution in [0.2, 0.25) is 0 Å². The number of fused-ring (bicyclic) bond motifs is 1. The number of carbonyl (C=O) groups is 2. The van der Waals surface area contributed by atoms with E-state index in [1.807, 2.05) is 30.3 Å². The number of imidazole rings is 1. The number of H-pyrrole nitrogens is 1. The van der Waals surface area contributed by atoms with Crippen molar-refractivity contribution >= 4 is 28.9 Å². The molecule has 4 aromatic rings. The third-order valence-corrected chi connectivity index (χ3v) is 4.19. The third kappa shape index (κ3) is 4.25. The molecule has 9 nitrogen and oxygen atoms in total. The van der Waals surface area contributed by atoms with Crippen LogP contribution >= 0.6 is 0 Å². The Bertz CT molecular complexity index is 1170. The first kappa shape index (κ1) is 19.1. The number of benzene rings is 2. The van der Waals surface area contributed by atoms with Gasteiger partial charge in [0.05, 0.1) is 11.9 Å². The van der Waals surface area contributed by atoms with E-state index in [1.54, 1.807) is 24.3 Å². The molecule has 0 saturated carbocycles. The second kappa shape index (κ2) is 8.39. The van der Waals surface area contributed by atoms with E-state index < -0.39 is 18.0 Å². The summed E-state index contributed by atoms with van der Waals surface area (Å²) < 4.78 is 11.0. The number of amides is 1. The Kier molecular flexibility index (Phi) is 5.33. The first-order chi connectivity index (χ1) is 14.6. The van der Waals surface area contributed by atoms with Crippen molar-refractivity contribution in [2.45, 2.75) is 13.0 Å². The van der Waals surface area contributed by atoms with Gasteiger partial charge in [-0.05, 0) is 43.3 Å². The van der Waals surface area contributed by atoms with E-state index >= 15 is 0 Å². The van der Waals surface area contributed by atoms with Crippen molar-refractivity contribution in [1.29, 1.82) is 0 Å². The molecular weight excluding hydrogens is 386 g/mol. The molecule has 0 saturated heterocycles. The molecule has 0 bridgehead atoms. The molecule has 4 rings (SSSR count). The number of para-hydroxylation sites is 1. The number of aromatic nitrogens is 4. The van der Waals surface area contributed by atoms with Gasteiger partial charge < -0.3 is 19.8 Å². The van der Waals surface area contributed by atoms with E-state index in [2.05, 4.69) is 25.3 Å². The molecule has 2 aromatic heterocycles. The number of esters is 1. The van der Waals surface area contributed by atoms with Gasteiger partial charge >= 0.3 is 5.97 Å². The number of carbonyl (C=O) groups excluding carboxylic acids is 2. The standard InChI is InChI=1S/C21H17N5O4/c1-13(20(27)26-19-17-18(23-11-22-17)24-12-25-19)29-21(28)14-7-9-16(10-8-14)30-15-5-3-2-4-6-15/h2-13H,1H3,(H2,22,23,24,25,26,27). The fourth-order valence-electron chi connectivity index (χ4n) is 2.64. The molecule has 0 radical (unpaired) electrons. The average Bonchev–Trinajstić information content (AvgIpc) is 3.25. The minimum absolute atomic E-state index is 0.257. The van der Waals surface area contributed by atoms with E-state index in [1.165, 1.54) is 19.6 Å². The van der Waals surface area contributed by atoms with Gasteiger partial charge in [0.2, 0.25) is 0 Å². The molecule has 0 aliphatic rings. The minimum Gasteiger partial charge on any atom is -0.457 e. The summed E-state index contributed by atoms with van der Waals surface area (Å²) in [4.78, 5) is 39.6. The minimum atomic E-state index is -1.04. The predicted octanol–water partition coefficient (Wildman–Crippen LogP) is 3.33. The van der Waals surface area contributed by atoms with Gasteiger partial charge in [-0.25, -0.2) is 19.7 Å². The normalized spacial score (nSPS) is 11.6. The lowest BCUT2D eigenvalue weighted by atomic mass is 10.2. The van der Waals surface area contributed by atoms with Crippen LogP contribution in [0.15, 0.2) is 67.3 Å². The number of nitrogens with one attached hydrogen (secondary N) is 2. The number of rotatable bonds is 6. The zero-order valence-electron chi connectivity index (χ0n) is 15.9. The van der Waals surface area contributed by atoms with Gasteiger partial charge in [0.15, 0.2) is 17.6 Å². The highest BCUT2D eigenvalue weighted by molar-refractivity contribution is 6.00. The van der Waals surface area contributed by atoms with E-state index in [-0.39, 0.29) is 5.82 Å². The van der Waals surface area contributed by atoms with Crippen molar-refractivity contribution in [2.24, 2.45) is 0 Å². The maximum atomic E-state index is 12.4. The van der Waals surface area contributed by atoms with Crippen LogP contribution in [0.4, 0.5) is 5.82 Å². The van der Waals surface area contributed by atoms with E-state index in [0.717, 1.165) is 0 Å². The number of ether oxygens (including phenoxy) is 2. The quantitative estimate of drug-likeness (QED) is 0.474. The summed E-state index contributed by atoms with van der Waals surface area (Å²) in [6.07, 6.45) is 1.70. The Morgan fingerprint density at radius 3 is 2.47 bits per heavy atom. The van der Waals surface area contributed by atoms with Crippen LogP contribution in [0, 0.1) is 0 Å². The van der Waals surface area contributed by atoms with Crippen LogP contribution in [-0.2, 0) is 9.53 Å². The molecule has 2 N–H and O–H groups in total. The molecule has 0 aliphatic carbocycles. The molecule has 0 spiro atoms. The van der Waals surface area contributed by atoms with Crippen LogP contribution in [0.5, 0.6) is 11.5 Å². The maximum Gasteiger partial charge on any atom is 0.338 e. The van der Waals surface area contributed by atoms with Crippen LogP contribution in [-0.4, -0.2) is 37.9 Å². The van der Waals surface area contributed by atoms with Gasteiger partial charge in [0.1, 0.15) is 23.3 Å².